The summed E-state index contributed by atoms with van der Waals surface area (Å²) in [5.74, 6) is 2.53. The number of nitrogens with zero attached hydrogens (tertiary/aromatic N) is 3. The second-order valence-corrected chi connectivity index (χ2v) is 6.57. The molecule has 1 aliphatic heterocycles. The quantitative estimate of drug-likeness (QED) is 0.718. The minimum Gasteiger partial charge on any atom is -0.483 e. The molecule has 0 saturated heterocycles. The number of hydrogen-bond acceptors (Lipinski definition) is 4. The molecule has 5 nitrogen and oxygen atoms in total. The van der Waals surface area contributed by atoms with E-state index in [1.54, 1.807) is 12.1 Å². The van der Waals surface area contributed by atoms with Crippen molar-refractivity contribution in [2.75, 3.05) is 0 Å². The first-order chi connectivity index (χ1) is 10.2. The normalized spacial score (nSPS) is 13.8. The first-order valence-electron chi connectivity index (χ1n) is 6.67. The lowest BCUT2D eigenvalue weighted by atomic mass is 10.2. The summed E-state index contributed by atoms with van der Waals surface area (Å²) in [5.41, 5.74) is 0.584. The van der Waals surface area contributed by atoms with Crippen LogP contribution in [0.2, 0.25) is 0 Å². The lowest BCUT2D eigenvalue weighted by Crippen LogP contribution is -2.14. The van der Waals surface area contributed by atoms with E-state index in [9.17, 15) is 4.79 Å². The zero-order chi connectivity index (χ0) is 14.8. The summed E-state index contributed by atoms with van der Waals surface area (Å²) in [6.45, 7) is 1.30. The van der Waals surface area contributed by atoms with Gasteiger partial charge in [0.15, 0.2) is 5.82 Å². The third kappa shape index (κ3) is 3.03. The van der Waals surface area contributed by atoms with Crippen molar-refractivity contribution in [3.8, 4) is 5.75 Å². The molecule has 0 radical (unpaired) electrons. The van der Waals surface area contributed by atoms with Crippen LogP contribution < -0.4 is 4.74 Å². The lowest BCUT2D eigenvalue weighted by Gasteiger charge is -2.15. The smallest absolute Gasteiger partial charge is 0.171 e. The van der Waals surface area contributed by atoms with E-state index in [1.165, 1.54) is 6.42 Å². The number of fused-ring (bicyclic) bond motifs is 1. The van der Waals surface area contributed by atoms with E-state index in [-0.39, 0.29) is 0 Å². The lowest BCUT2D eigenvalue weighted by molar-refractivity contribution is 0.112. The molecule has 0 fully saturated rings. The Bertz CT molecular complexity index is 662. The van der Waals surface area contributed by atoms with Crippen molar-refractivity contribution in [2.24, 2.45) is 0 Å². The van der Waals surface area contributed by atoms with Crippen LogP contribution in [0, 0.1) is 0 Å². The molecule has 0 saturated carbocycles. The van der Waals surface area contributed by atoms with Crippen LogP contribution in [-0.4, -0.2) is 21.1 Å². The second kappa shape index (κ2) is 6.27. The number of carbonyl (C=O) groups is 1. The molecule has 7 heteroatoms. The molecule has 110 valence electrons. The molecule has 0 aliphatic carbocycles. The maximum absolute atomic E-state index is 10.8. The highest BCUT2D eigenvalue weighted by Crippen LogP contribution is 2.35. The average Bonchev–Trinajstić information content (AvgIpc) is 2.89. The van der Waals surface area contributed by atoms with Gasteiger partial charge < -0.3 is 9.30 Å². The Kier molecular flexibility index (Phi) is 4.40. The number of carbonyl (C=O) groups excluding carboxylic acids is 1. The summed E-state index contributed by atoms with van der Waals surface area (Å²) >= 11 is 6.84. The fourth-order valence-corrected chi connectivity index (χ4v) is 3.85. The topological polar surface area (TPSA) is 57.0 Å². The molecular weight excluding hydrogens is 402 g/mol. The van der Waals surface area contributed by atoms with Gasteiger partial charge in [0.25, 0.3) is 0 Å². The van der Waals surface area contributed by atoms with Crippen LogP contribution in [0.3, 0.4) is 0 Å². The zero-order valence-corrected chi connectivity index (χ0v) is 14.4. The molecule has 0 atom stereocenters. The van der Waals surface area contributed by atoms with Crippen molar-refractivity contribution in [1.82, 2.24) is 14.8 Å². The third-order valence-corrected chi connectivity index (χ3v) is 4.62. The van der Waals surface area contributed by atoms with Gasteiger partial charge in [0.1, 0.15) is 24.5 Å². The maximum atomic E-state index is 10.8. The Hall–Kier alpha value is -1.21. The molecule has 21 heavy (non-hydrogen) atoms. The van der Waals surface area contributed by atoms with Gasteiger partial charge in [0.05, 0.1) is 8.95 Å². The number of hydrogen-bond donors (Lipinski definition) is 0. The van der Waals surface area contributed by atoms with Crippen molar-refractivity contribution in [3.05, 3.63) is 38.3 Å². The van der Waals surface area contributed by atoms with Gasteiger partial charge >= 0.3 is 0 Å². The Labute approximate surface area is 139 Å². The van der Waals surface area contributed by atoms with Crippen LogP contribution in [0.4, 0.5) is 0 Å². The number of aromatic nitrogens is 3. The molecule has 2 aromatic rings. The predicted molar refractivity (Wildman–Crippen MR) is 84.5 cm³/mol. The van der Waals surface area contributed by atoms with Crippen molar-refractivity contribution in [2.45, 2.75) is 32.4 Å². The Morgan fingerprint density at radius 1 is 1.24 bits per heavy atom. The molecule has 0 unspecified atom stereocenters. The molecule has 0 spiro atoms. The summed E-state index contributed by atoms with van der Waals surface area (Å²) in [6, 6.07) is 3.46. The molecule has 0 bridgehead atoms. The van der Waals surface area contributed by atoms with E-state index in [0.717, 1.165) is 46.3 Å². The van der Waals surface area contributed by atoms with Gasteiger partial charge in [-0.05, 0) is 56.8 Å². The van der Waals surface area contributed by atoms with Crippen molar-refractivity contribution >= 4 is 38.1 Å². The number of benzene rings is 1. The molecule has 1 aliphatic rings. The number of halogens is 2. The van der Waals surface area contributed by atoms with Crippen LogP contribution in [-0.2, 0) is 19.6 Å². The largest absolute Gasteiger partial charge is 0.483 e. The Morgan fingerprint density at radius 3 is 2.71 bits per heavy atom. The third-order valence-electron chi connectivity index (χ3n) is 3.44. The van der Waals surface area contributed by atoms with Crippen molar-refractivity contribution in [1.29, 1.82) is 0 Å². The van der Waals surface area contributed by atoms with E-state index >= 15 is 0 Å². The highest BCUT2D eigenvalue weighted by atomic mass is 79.9. The van der Waals surface area contributed by atoms with Gasteiger partial charge in [0, 0.05) is 18.5 Å². The minimum atomic E-state index is 0.352. The van der Waals surface area contributed by atoms with Crippen molar-refractivity contribution in [3.63, 3.8) is 0 Å². The van der Waals surface area contributed by atoms with E-state index in [4.69, 9.17) is 4.74 Å². The fraction of sp³-hybridized carbons (Fsp3) is 0.357. The first kappa shape index (κ1) is 14.7. The molecule has 3 rings (SSSR count). The number of ether oxygens (including phenoxy) is 1. The van der Waals surface area contributed by atoms with Gasteiger partial charge in [-0.15, -0.1) is 10.2 Å². The van der Waals surface area contributed by atoms with Crippen LogP contribution in [0.1, 0.15) is 34.8 Å². The zero-order valence-electron chi connectivity index (χ0n) is 11.2. The number of aldehydes is 1. The molecule has 2 heterocycles. The van der Waals surface area contributed by atoms with Gasteiger partial charge in [-0.25, -0.2) is 0 Å². The summed E-state index contributed by atoms with van der Waals surface area (Å²) < 4.78 is 9.44. The highest BCUT2D eigenvalue weighted by Gasteiger charge is 2.17. The minimum absolute atomic E-state index is 0.352. The van der Waals surface area contributed by atoms with E-state index in [0.29, 0.717) is 17.9 Å². The van der Waals surface area contributed by atoms with Gasteiger partial charge in [-0.2, -0.15) is 0 Å². The summed E-state index contributed by atoms with van der Waals surface area (Å²) in [6.07, 6.45) is 4.10. The van der Waals surface area contributed by atoms with E-state index in [1.807, 2.05) is 0 Å². The van der Waals surface area contributed by atoms with Crippen molar-refractivity contribution < 1.29 is 9.53 Å². The summed E-state index contributed by atoms with van der Waals surface area (Å²) in [5, 5.41) is 8.41. The fourth-order valence-electron chi connectivity index (χ4n) is 2.40. The van der Waals surface area contributed by atoms with Crippen LogP contribution in [0.15, 0.2) is 21.1 Å². The number of rotatable bonds is 4. The second-order valence-electron chi connectivity index (χ2n) is 4.86. The SMILES string of the molecule is O=Cc1cc(Br)c(OCc2nnc3n2CCCC3)c(Br)c1. The molecule has 1 aromatic carbocycles. The van der Waals surface area contributed by atoms with E-state index < -0.39 is 0 Å². The first-order valence-corrected chi connectivity index (χ1v) is 8.25. The maximum Gasteiger partial charge on any atom is 0.171 e. The summed E-state index contributed by atoms with van der Waals surface area (Å²) in [4.78, 5) is 10.8. The van der Waals surface area contributed by atoms with Crippen LogP contribution in [0.25, 0.3) is 0 Å². The van der Waals surface area contributed by atoms with Crippen LogP contribution >= 0.6 is 31.9 Å². The van der Waals surface area contributed by atoms with E-state index in [2.05, 4.69) is 46.6 Å². The highest BCUT2D eigenvalue weighted by molar-refractivity contribution is 9.11. The molecule has 1 aromatic heterocycles. The molecule has 0 N–H and O–H groups in total. The van der Waals surface area contributed by atoms with Gasteiger partial charge in [0.2, 0.25) is 0 Å². The van der Waals surface area contributed by atoms with Gasteiger partial charge in [-0.3, -0.25) is 4.79 Å². The van der Waals surface area contributed by atoms with Gasteiger partial charge in [-0.1, -0.05) is 0 Å². The standard InChI is InChI=1S/C14H13Br2N3O2/c15-10-5-9(7-20)6-11(16)14(10)21-8-13-18-17-12-3-1-2-4-19(12)13/h5-7H,1-4,8H2. The predicted octanol–water partition coefficient (Wildman–Crippen LogP) is 3.53. The number of aryl methyl sites for hydroxylation is 1. The molecular formula is C14H13Br2N3O2. The van der Waals surface area contributed by atoms with Crippen LogP contribution in [0.5, 0.6) is 5.75 Å². The Balaban J connectivity index is 1.79. The Morgan fingerprint density at radius 2 is 2.00 bits per heavy atom. The average molecular weight is 415 g/mol. The molecule has 0 amide bonds. The monoisotopic (exact) mass is 413 g/mol. The summed E-state index contributed by atoms with van der Waals surface area (Å²) in [7, 11) is 0.